The first-order valence-corrected chi connectivity index (χ1v) is 7.73. The largest absolute Gasteiger partial charge is 0.385 e. The summed E-state index contributed by atoms with van der Waals surface area (Å²) < 4.78 is 0. The van der Waals surface area contributed by atoms with Gasteiger partial charge in [0.1, 0.15) is 6.29 Å². The van der Waals surface area contributed by atoms with Crippen molar-refractivity contribution in [3.8, 4) is 0 Å². The molecule has 0 aliphatic heterocycles. The zero-order valence-electron chi connectivity index (χ0n) is 13.3. The van der Waals surface area contributed by atoms with E-state index in [1.54, 1.807) is 0 Å². The van der Waals surface area contributed by atoms with Crippen molar-refractivity contribution in [1.29, 1.82) is 0 Å². The summed E-state index contributed by atoms with van der Waals surface area (Å²) in [5.74, 6) is 0. The Morgan fingerprint density at radius 1 is 1.00 bits per heavy atom. The van der Waals surface area contributed by atoms with E-state index in [4.69, 9.17) is 0 Å². The molecule has 0 heterocycles. The minimum Gasteiger partial charge on any atom is -0.385 e. The third-order valence-corrected chi connectivity index (χ3v) is 3.81. The highest BCUT2D eigenvalue weighted by Crippen LogP contribution is 2.19. The number of nitrogens with one attached hydrogen (secondary N) is 2. The van der Waals surface area contributed by atoms with E-state index >= 15 is 0 Å². The normalized spacial score (nSPS) is 11.9. The van der Waals surface area contributed by atoms with Gasteiger partial charge in [-0.05, 0) is 37.0 Å². The van der Waals surface area contributed by atoms with Crippen molar-refractivity contribution in [3.05, 3.63) is 65.2 Å². The van der Waals surface area contributed by atoms with E-state index in [1.165, 1.54) is 22.4 Å². The van der Waals surface area contributed by atoms with Crippen LogP contribution in [0.5, 0.6) is 0 Å². The molecule has 0 radical (unpaired) electrons. The number of para-hydroxylation sites is 1. The van der Waals surface area contributed by atoms with Gasteiger partial charge in [0.15, 0.2) is 0 Å². The molecule has 1 unspecified atom stereocenters. The molecular formula is C19H24N2O. The molecule has 0 fully saturated rings. The molecule has 116 valence electrons. The second kappa shape index (κ2) is 8.35. The van der Waals surface area contributed by atoms with Crippen LogP contribution in [0.2, 0.25) is 0 Å². The van der Waals surface area contributed by atoms with Crippen LogP contribution in [0.25, 0.3) is 0 Å². The van der Waals surface area contributed by atoms with E-state index < -0.39 is 0 Å². The van der Waals surface area contributed by atoms with E-state index in [0.717, 1.165) is 19.3 Å². The highest BCUT2D eigenvalue weighted by molar-refractivity contribution is 5.59. The second-order valence-electron chi connectivity index (χ2n) is 5.59. The lowest BCUT2D eigenvalue weighted by Crippen LogP contribution is -2.32. The van der Waals surface area contributed by atoms with E-state index in [-0.39, 0.29) is 6.04 Å². The molecule has 2 aromatic rings. The van der Waals surface area contributed by atoms with Crippen molar-refractivity contribution in [2.75, 3.05) is 11.9 Å². The van der Waals surface area contributed by atoms with Crippen LogP contribution in [0.1, 0.15) is 23.1 Å². The van der Waals surface area contributed by atoms with Gasteiger partial charge in [-0.2, -0.15) is 0 Å². The number of hydrogen-bond acceptors (Lipinski definition) is 3. The van der Waals surface area contributed by atoms with Gasteiger partial charge in [0.2, 0.25) is 0 Å². The van der Waals surface area contributed by atoms with Crippen LogP contribution < -0.4 is 10.6 Å². The number of rotatable bonds is 8. The fourth-order valence-electron chi connectivity index (χ4n) is 2.51. The highest BCUT2D eigenvalue weighted by atomic mass is 16.1. The summed E-state index contributed by atoms with van der Waals surface area (Å²) >= 11 is 0. The molecule has 2 N–H and O–H groups in total. The van der Waals surface area contributed by atoms with Crippen molar-refractivity contribution < 1.29 is 4.79 Å². The lowest BCUT2D eigenvalue weighted by Gasteiger charge is -2.16. The van der Waals surface area contributed by atoms with Crippen LogP contribution in [0.3, 0.4) is 0 Å². The molecule has 3 nitrogen and oxygen atoms in total. The van der Waals surface area contributed by atoms with Crippen LogP contribution in [0, 0.1) is 13.8 Å². The van der Waals surface area contributed by atoms with Gasteiger partial charge < -0.3 is 15.4 Å². The maximum atomic E-state index is 11.2. The number of benzene rings is 2. The summed E-state index contributed by atoms with van der Waals surface area (Å²) in [6.45, 7) is 5.69. The van der Waals surface area contributed by atoms with Gasteiger partial charge in [0.25, 0.3) is 0 Å². The number of anilines is 1. The lowest BCUT2D eigenvalue weighted by molar-refractivity contribution is -0.109. The van der Waals surface area contributed by atoms with Crippen LogP contribution in [0.15, 0.2) is 48.5 Å². The minimum absolute atomic E-state index is 0.128. The van der Waals surface area contributed by atoms with E-state index in [2.05, 4.69) is 54.8 Å². The number of hydrogen-bond donors (Lipinski definition) is 2. The highest BCUT2D eigenvalue weighted by Gasteiger charge is 2.07. The number of aryl methyl sites for hydroxylation is 2. The van der Waals surface area contributed by atoms with Crippen molar-refractivity contribution in [3.63, 3.8) is 0 Å². The standard InChI is InChI=1S/C19H24N2O/c1-15-7-6-8-16(2)19(15)20-12-11-18(14-22)21-13-17-9-4-3-5-10-17/h3-10,14,18,20-21H,11-13H2,1-2H3. The molecule has 0 bridgehead atoms. The number of carbonyl (C=O) groups excluding carboxylic acids is 1. The van der Waals surface area contributed by atoms with Crippen molar-refractivity contribution in [1.82, 2.24) is 5.32 Å². The first-order chi connectivity index (χ1) is 10.7. The maximum Gasteiger partial charge on any atom is 0.136 e. The third-order valence-electron chi connectivity index (χ3n) is 3.81. The summed E-state index contributed by atoms with van der Waals surface area (Å²) in [6, 6.07) is 16.3. The van der Waals surface area contributed by atoms with Gasteiger partial charge in [0.05, 0.1) is 6.04 Å². The first-order valence-electron chi connectivity index (χ1n) is 7.73. The predicted octanol–water partition coefficient (Wildman–Crippen LogP) is 3.46. The molecule has 1 atom stereocenters. The molecule has 0 amide bonds. The zero-order chi connectivity index (χ0) is 15.8. The average molecular weight is 296 g/mol. The Labute approximate surface area is 132 Å². The molecule has 0 aliphatic carbocycles. The SMILES string of the molecule is Cc1cccc(C)c1NCCC(C=O)NCc1ccccc1. The summed E-state index contributed by atoms with van der Waals surface area (Å²) in [4.78, 5) is 11.2. The summed E-state index contributed by atoms with van der Waals surface area (Å²) in [5.41, 5.74) is 4.84. The Hall–Kier alpha value is -2.13. The van der Waals surface area contributed by atoms with Crippen molar-refractivity contribution in [2.24, 2.45) is 0 Å². The molecule has 2 aromatic carbocycles. The second-order valence-corrected chi connectivity index (χ2v) is 5.59. The van der Waals surface area contributed by atoms with Gasteiger partial charge in [-0.3, -0.25) is 0 Å². The van der Waals surface area contributed by atoms with Gasteiger partial charge in [-0.1, -0.05) is 48.5 Å². The first kappa shape index (κ1) is 16.2. The van der Waals surface area contributed by atoms with Crippen molar-refractivity contribution in [2.45, 2.75) is 32.9 Å². The third kappa shape index (κ3) is 4.71. The van der Waals surface area contributed by atoms with E-state index in [1.807, 2.05) is 18.2 Å². The molecule has 0 aromatic heterocycles. The van der Waals surface area contributed by atoms with E-state index in [9.17, 15) is 4.79 Å². The lowest BCUT2D eigenvalue weighted by atomic mass is 10.1. The molecule has 0 saturated heterocycles. The Balaban J connectivity index is 1.80. The summed E-state index contributed by atoms with van der Waals surface area (Å²) in [6.07, 6.45) is 1.76. The van der Waals surface area contributed by atoms with Crippen molar-refractivity contribution >= 4 is 12.0 Å². The summed E-state index contributed by atoms with van der Waals surface area (Å²) in [7, 11) is 0. The van der Waals surface area contributed by atoms with Crippen LogP contribution >= 0.6 is 0 Å². The predicted molar refractivity (Wildman–Crippen MR) is 92.2 cm³/mol. The maximum absolute atomic E-state index is 11.2. The zero-order valence-corrected chi connectivity index (χ0v) is 13.3. The molecule has 22 heavy (non-hydrogen) atoms. The van der Waals surface area contributed by atoms with Crippen LogP contribution in [-0.4, -0.2) is 18.9 Å². The Kier molecular flexibility index (Phi) is 6.16. The smallest absolute Gasteiger partial charge is 0.136 e. The monoisotopic (exact) mass is 296 g/mol. The quantitative estimate of drug-likeness (QED) is 0.733. The summed E-state index contributed by atoms with van der Waals surface area (Å²) in [5, 5.41) is 6.74. The number of carbonyl (C=O) groups is 1. The Morgan fingerprint density at radius 3 is 2.32 bits per heavy atom. The molecule has 0 spiro atoms. The van der Waals surface area contributed by atoms with E-state index in [0.29, 0.717) is 6.54 Å². The Morgan fingerprint density at radius 2 is 1.68 bits per heavy atom. The van der Waals surface area contributed by atoms with Crippen LogP contribution in [0.4, 0.5) is 5.69 Å². The molecule has 3 heteroatoms. The van der Waals surface area contributed by atoms with Gasteiger partial charge in [-0.15, -0.1) is 0 Å². The Bertz CT molecular complexity index is 575. The van der Waals surface area contributed by atoms with Gasteiger partial charge >= 0.3 is 0 Å². The fraction of sp³-hybridized carbons (Fsp3) is 0.316. The fourth-order valence-corrected chi connectivity index (χ4v) is 2.51. The topological polar surface area (TPSA) is 41.1 Å². The van der Waals surface area contributed by atoms with Gasteiger partial charge in [0, 0.05) is 18.8 Å². The molecular weight excluding hydrogens is 272 g/mol. The molecule has 0 saturated carbocycles. The average Bonchev–Trinajstić information content (AvgIpc) is 2.54. The number of aldehydes is 1. The minimum atomic E-state index is -0.128. The van der Waals surface area contributed by atoms with Gasteiger partial charge in [-0.25, -0.2) is 0 Å². The molecule has 0 aliphatic rings. The van der Waals surface area contributed by atoms with Crippen LogP contribution in [-0.2, 0) is 11.3 Å². The molecule has 2 rings (SSSR count).